The smallest absolute Gasteiger partial charge is 0.251 e. The van der Waals surface area contributed by atoms with Gasteiger partial charge in [-0.2, -0.15) is 0 Å². The average molecular weight is 328 g/mol. The van der Waals surface area contributed by atoms with E-state index in [-0.39, 0.29) is 17.5 Å². The summed E-state index contributed by atoms with van der Waals surface area (Å²) >= 11 is 1.60. The lowest BCUT2D eigenvalue weighted by molar-refractivity contribution is -0.121. The second-order valence-electron chi connectivity index (χ2n) is 5.81. The minimum absolute atomic E-state index is 0.0174. The molecule has 1 atom stereocenters. The molecule has 1 aliphatic carbocycles. The fraction of sp³-hybridized carbons (Fsp3) is 0.333. The highest BCUT2D eigenvalue weighted by molar-refractivity contribution is 7.10. The molecule has 0 fully saturated rings. The Morgan fingerprint density at radius 3 is 3.04 bits per heavy atom. The summed E-state index contributed by atoms with van der Waals surface area (Å²) in [5.41, 5.74) is 2.25. The molecule has 2 aromatic heterocycles. The van der Waals surface area contributed by atoms with Crippen molar-refractivity contribution in [2.24, 2.45) is 0 Å². The first kappa shape index (κ1) is 15.7. The summed E-state index contributed by atoms with van der Waals surface area (Å²) in [5, 5.41) is 5.11. The summed E-state index contributed by atoms with van der Waals surface area (Å²) in [6.07, 6.45) is 4.64. The summed E-state index contributed by atoms with van der Waals surface area (Å²) in [5.74, 6) is 0.0697. The number of nitrogens with zero attached hydrogens (tertiary/aromatic N) is 1. The zero-order valence-electron chi connectivity index (χ0n) is 13.0. The third-order valence-corrected chi connectivity index (χ3v) is 5.05. The van der Waals surface area contributed by atoms with Gasteiger partial charge in [-0.1, -0.05) is 18.2 Å². The Kier molecular flexibility index (Phi) is 4.76. The van der Waals surface area contributed by atoms with Crippen LogP contribution in [0.15, 0.2) is 47.1 Å². The Morgan fingerprint density at radius 1 is 1.43 bits per heavy atom. The summed E-state index contributed by atoms with van der Waals surface area (Å²) < 4.78 is 1.78. The van der Waals surface area contributed by atoms with E-state index in [4.69, 9.17) is 0 Å². The van der Waals surface area contributed by atoms with Crippen LogP contribution in [0, 0.1) is 0 Å². The Bertz CT molecular complexity index is 762. The molecule has 1 N–H and O–H groups in total. The average Bonchev–Trinajstić information content (AvgIpc) is 3.03. The molecule has 4 nitrogen and oxygen atoms in total. The summed E-state index contributed by atoms with van der Waals surface area (Å²) in [7, 11) is 0. The second-order valence-corrected chi connectivity index (χ2v) is 6.84. The summed E-state index contributed by atoms with van der Waals surface area (Å²) in [4.78, 5) is 25.2. The molecule has 3 rings (SSSR count). The third kappa shape index (κ3) is 3.62. The molecule has 2 aromatic rings. The molecule has 23 heavy (non-hydrogen) atoms. The predicted molar refractivity (Wildman–Crippen MR) is 92.9 cm³/mol. The Labute approximate surface area is 139 Å². The minimum atomic E-state index is 0.0174. The van der Waals surface area contributed by atoms with Crippen molar-refractivity contribution >= 4 is 17.2 Å². The van der Waals surface area contributed by atoms with Crippen LogP contribution in [0.3, 0.4) is 0 Å². The van der Waals surface area contributed by atoms with Crippen molar-refractivity contribution in [2.75, 3.05) is 0 Å². The number of fused-ring (bicyclic) bond motifs is 1. The molecule has 0 radical (unpaired) electrons. The van der Waals surface area contributed by atoms with E-state index < -0.39 is 0 Å². The maximum absolute atomic E-state index is 12.1. The number of rotatable bonds is 5. The number of aromatic nitrogens is 1. The van der Waals surface area contributed by atoms with E-state index in [2.05, 4.69) is 11.9 Å². The van der Waals surface area contributed by atoms with Gasteiger partial charge in [-0.15, -0.1) is 17.9 Å². The number of amides is 1. The van der Waals surface area contributed by atoms with Crippen LogP contribution in [0.5, 0.6) is 0 Å². The van der Waals surface area contributed by atoms with Gasteiger partial charge in [0.15, 0.2) is 0 Å². The van der Waals surface area contributed by atoms with Gasteiger partial charge in [0.25, 0.3) is 5.56 Å². The van der Waals surface area contributed by atoms with Crippen LogP contribution in [-0.4, -0.2) is 16.5 Å². The van der Waals surface area contributed by atoms with Crippen molar-refractivity contribution in [3.8, 4) is 0 Å². The topological polar surface area (TPSA) is 51.1 Å². The van der Waals surface area contributed by atoms with Gasteiger partial charge in [0.2, 0.25) is 5.91 Å². The molecular formula is C18H20N2O2S. The molecule has 0 saturated heterocycles. The van der Waals surface area contributed by atoms with Gasteiger partial charge in [0, 0.05) is 29.2 Å². The molecule has 0 saturated carbocycles. The van der Waals surface area contributed by atoms with Crippen LogP contribution >= 0.6 is 11.3 Å². The van der Waals surface area contributed by atoms with Crippen molar-refractivity contribution in [3.05, 3.63) is 68.8 Å². The van der Waals surface area contributed by atoms with E-state index in [1.165, 1.54) is 0 Å². The first-order valence-electron chi connectivity index (χ1n) is 7.81. The first-order chi connectivity index (χ1) is 11.2. The van der Waals surface area contributed by atoms with Crippen LogP contribution in [0.25, 0.3) is 0 Å². The number of thiophene rings is 1. The van der Waals surface area contributed by atoms with E-state index in [1.54, 1.807) is 28.0 Å². The number of hydrogen-bond acceptors (Lipinski definition) is 3. The van der Waals surface area contributed by atoms with Gasteiger partial charge >= 0.3 is 0 Å². The lowest BCUT2D eigenvalue weighted by Crippen LogP contribution is -2.41. The van der Waals surface area contributed by atoms with Gasteiger partial charge in [0.05, 0.1) is 6.42 Å². The zero-order chi connectivity index (χ0) is 16.2. The standard InChI is InChI=1S/C18H20N2O2S/c1-2-9-20-16-7-6-14(11-13(16)5-8-18(20)22)19-17(21)12-15-4-3-10-23-15/h2-5,8,10,14H,1,6-7,9,11-12H2,(H,19,21)/t14-/m0/s1. The molecule has 2 heterocycles. The largest absolute Gasteiger partial charge is 0.353 e. The first-order valence-corrected chi connectivity index (χ1v) is 8.69. The zero-order valence-corrected chi connectivity index (χ0v) is 13.8. The van der Waals surface area contributed by atoms with Crippen LogP contribution in [0.1, 0.15) is 22.6 Å². The van der Waals surface area contributed by atoms with E-state index in [1.807, 2.05) is 23.6 Å². The van der Waals surface area contributed by atoms with E-state index in [0.717, 1.165) is 35.4 Å². The van der Waals surface area contributed by atoms with Gasteiger partial charge in [-0.05, 0) is 36.3 Å². The molecule has 0 unspecified atom stereocenters. The predicted octanol–water partition coefficient (Wildman–Crippen LogP) is 2.31. The van der Waals surface area contributed by atoms with Gasteiger partial charge in [-0.3, -0.25) is 9.59 Å². The van der Waals surface area contributed by atoms with Crippen LogP contribution in [-0.2, 0) is 30.6 Å². The number of hydrogen-bond donors (Lipinski definition) is 1. The number of nitrogens with one attached hydrogen (secondary N) is 1. The number of carbonyl (C=O) groups excluding carboxylic acids is 1. The lowest BCUT2D eigenvalue weighted by atomic mass is 9.91. The molecule has 0 aliphatic heterocycles. The molecule has 120 valence electrons. The summed E-state index contributed by atoms with van der Waals surface area (Å²) in [6.45, 7) is 4.26. The van der Waals surface area contributed by atoms with Gasteiger partial charge in [0.1, 0.15) is 0 Å². The molecule has 5 heteroatoms. The van der Waals surface area contributed by atoms with E-state index >= 15 is 0 Å². The molecule has 0 aromatic carbocycles. The highest BCUT2D eigenvalue weighted by Crippen LogP contribution is 2.20. The van der Waals surface area contributed by atoms with Gasteiger partial charge in [-0.25, -0.2) is 0 Å². The number of pyridine rings is 1. The Morgan fingerprint density at radius 2 is 2.30 bits per heavy atom. The molecule has 1 aliphatic rings. The van der Waals surface area contributed by atoms with E-state index in [9.17, 15) is 9.59 Å². The monoisotopic (exact) mass is 328 g/mol. The fourth-order valence-electron chi connectivity index (χ4n) is 3.13. The third-order valence-electron chi connectivity index (χ3n) is 4.18. The number of allylic oxidation sites excluding steroid dienone is 1. The quantitative estimate of drug-likeness (QED) is 0.856. The molecular weight excluding hydrogens is 308 g/mol. The highest BCUT2D eigenvalue weighted by atomic mass is 32.1. The normalized spacial score (nSPS) is 16.6. The maximum atomic E-state index is 12.1. The highest BCUT2D eigenvalue weighted by Gasteiger charge is 2.22. The van der Waals surface area contributed by atoms with Crippen molar-refractivity contribution < 1.29 is 4.79 Å². The van der Waals surface area contributed by atoms with E-state index in [0.29, 0.717) is 13.0 Å². The fourth-order valence-corrected chi connectivity index (χ4v) is 3.83. The summed E-state index contributed by atoms with van der Waals surface area (Å²) in [6, 6.07) is 7.59. The van der Waals surface area contributed by atoms with Crippen molar-refractivity contribution in [2.45, 2.75) is 38.3 Å². The van der Waals surface area contributed by atoms with Crippen LogP contribution < -0.4 is 10.9 Å². The SMILES string of the molecule is C=CCn1c2c(ccc1=O)C[C@@H](NC(=O)Cc1cccs1)CC2. The lowest BCUT2D eigenvalue weighted by Gasteiger charge is -2.27. The second kappa shape index (κ2) is 6.96. The molecule has 1 amide bonds. The minimum Gasteiger partial charge on any atom is -0.353 e. The van der Waals surface area contributed by atoms with Crippen molar-refractivity contribution in [1.29, 1.82) is 0 Å². The Hall–Kier alpha value is -2.14. The number of carbonyl (C=O) groups is 1. The molecule has 0 spiro atoms. The molecule has 0 bridgehead atoms. The van der Waals surface area contributed by atoms with Crippen molar-refractivity contribution in [3.63, 3.8) is 0 Å². The van der Waals surface area contributed by atoms with Gasteiger partial charge < -0.3 is 9.88 Å². The van der Waals surface area contributed by atoms with Crippen molar-refractivity contribution in [1.82, 2.24) is 9.88 Å². The van der Waals surface area contributed by atoms with Crippen LogP contribution in [0.2, 0.25) is 0 Å². The Balaban J connectivity index is 1.68. The van der Waals surface area contributed by atoms with Crippen LogP contribution in [0.4, 0.5) is 0 Å². The maximum Gasteiger partial charge on any atom is 0.251 e.